The van der Waals surface area contributed by atoms with Crippen LogP contribution in [-0.4, -0.2) is 27.4 Å². The summed E-state index contributed by atoms with van der Waals surface area (Å²) in [7, 11) is 0. The Balaban J connectivity index is 0. The fourth-order valence-corrected chi connectivity index (χ4v) is 0. The molecular formula is H5O10V3-15. The first-order chi connectivity index (χ1) is 0. The zero-order chi connectivity index (χ0) is 0. The molecule has 0 saturated carbocycles. The second-order valence-corrected chi connectivity index (χ2v) is 0. The SMILES string of the molecule is [O-2].[O-2].[O-2].[O-2].[O-2].[OH-].[OH-].[OH-].[OH-].[OH-].[V].[V].[V]. The van der Waals surface area contributed by atoms with E-state index in [9.17, 15) is 0 Å². The zero-order valence-electron chi connectivity index (χ0n) is 5.62. The summed E-state index contributed by atoms with van der Waals surface area (Å²) < 4.78 is 0. The molecular weight excluding hydrogens is 313 g/mol. The molecule has 0 rings (SSSR count). The van der Waals surface area contributed by atoms with Crippen molar-refractivity contribution >= 4 is 0 Å². The van der Waals surface area contributed by atoms with Crippen molar-refractivity contribution < 1.29 is 110 Å². The molecule has 13 heavy (non-hydrogen) atoms. The van der Waals surface area contributed by atoms with Crippen LogP contribution >= 0.6 is 0 Å². The van der Waals surface area contributed by atoms with E-state index < -0.39 is 0 Å². The van der Waals surface area contributed by atoms with Crippen molar-refractivity contribution in [2.45, 2.75) is 0 Å². The average molecular weight is 318 g/mol. The normalized spacial score (nSPS) is 0. The summed E-state index contributed by atoms with van der Waals surface area (Å²) in [4.78, 5) is 0. The fraction of sp³-hybridized carbons (Fsp3) is 0. The van der Waals surface area contributed by atoms with Crippen LogP contribution in [0, 0.1) is 0 Å². The van der Waals surface area contributed by atoms with E-state index in [0.717, 1.165) is 0 Å². The Kier molecular flexibility index (Phi) is 120000. The molecule has 3 radical (unpaired) electrons. The van der Waals surface area contributed by atoms with Gasteiger partial charge in [-0.05, 0) is 0 Å². The average Bonchev–Trinajstić information content (AvgIpc) is 0. The van der Waals surface area contributed by atoms with Gasteiger partial charge in [0, 0.05) is 55.7 Å². The first-order valence-corrected chi connectivity index (χ1v) is 0. The third-order valence-electron chi connectivity index (χ3n) is 0. The smallest absolute Gasteiger partial charge is 0 e. The molecule has 0 fully saturated rings. The van der Waals surface area contributed by atoms with Gasteiger partial charge in [-0.1, -0.05) is 0 Å². The molecule has 0 saturated heterocycles. The Morgan fingerprint density at radius 2 is 0.231 bits per heavy atom. The molecule has 0 aromatic carbocycles. The maximum Gasteiger partial charge on any atom is 0 e. The molecule has 0 aliphatic heterocycles. The van der Waals surface area contributed by atoms with Gasteiger partial charge in [0.05, 0.1) is 0 Å². The van der Waals surface area contributed by atoms with E-state index in [4.69, 9.17) is 0 Å². The van der Waals surface area contributed by atoms with E-state index >= 15 is 0 Å². The summed E-state index contributed by atoms with van der Waals surface area (Å²) in [5.41, 5.74) is 0. The molecule has 10 nitrogen and oxygen atoms in total. The second-order valence-electron chi connectivity index (χ2n) is 0. The monoisotopic (exact) mass is 318 g/mol. The summed E-state index contributed by atoms with van der Waals surface area (Å²) in [5.74, 6) is 0. The van der Waals surface area contributed by atoms with Crippen molar-refractivity contribution in [2.24, 2.45) is 0 Å². The van der Waals surface area contributed by atoms with Crippen LogP contribution in [0.2, 0.25) is 0 Å². The van der Waals surface area contributed by atoms with Crippen LogP contribution < -0.4 is 0 Å². The van der Waals surface area contributed by atoms with E-state index in [0.29, 0.717) is 0 Å². The van der Waals surface area contributed by atoms with E-state index in [1.54, 1.807) is 0 Å². The van der Waals surface area contributed by atoms with E-state index in [1.165, 1.54) is 0 Å². The minimum Gasteiger partial charge on any atom is -2.00 e. The third kappa shape index (κ3) is 940. The largest absolute Gasteiger partial charge is 2.00 e. The molecule has 0 unspecified atom stereocenters. The third-order valence-corrected chi connectivity index (χ3v) is 0. The van der Waals surface area contributed by atoms with Crippen molar-refractivity contribution in [3.05, 3.63) is 0 Å². The van der Waals surface area contributed by atoms with Gasteiger partial charge in [0.2, 0.25) is 0 Å². The van der Waals surface area contributed by atoms with Crippen LogP contribution in [0.3, 0.4) is 0 Å². The van der Waals surface area contributed by atoms with Gasteiger partial charge in [0.1, 0.15) is 0 Å². The van der Waals surface area contributed by atoms with Crippen LogP contribution in [-0.2, 0) is 83.0 Å². The number of hydrogen-bond acceptors (Lipinski definition) is 5. The number of rotatable bonds is 0. The molecule has 0 aliphatic carbocycles. The first-order valence-electron chi connectivity index (χ1n) is 0. The Morgan fingerprint density at radius 1 is 0.231 bits per heavy atom. The van der Waals surface area contributed by atoms with Crippen LogP contribution in [0.15, 0.2) is 0 Å². The van der Waals surface area contributed by atoms with E-state index in [1.807, 2.05) is 0 Å². The molecule has 13 heteroatoms. The van der Waals surface area contributed by atoms with Gasteiger partial charge in [-0.3, -0.25) is 0 Å². The van der Waals surface area contributed by atoms with Gasteiger partial charge in [-0.15, -0.1) is 0 Å². The molecule has 0 aromatic heterocycles. The molecule has 0 aliphatic rings. The van der Waals surface area contributed by atoms with Gasteiger partial charge in [0.15, 0.2) is 0 Å². The maximum atomic E-state index is 0. The minimum absolute atomic E-state index is 0. The Labute approximate surface area is 110 Å². The molecule has 0 bridgehead atoms. The van der Waals surface area contributed by atoms with Crippen LogP contribution in [0.5, 0.6) is 0 Å². The van der Waals surface area contributed by atoms with Gasteiger partial charge < -0.3 is 54.8 Å². The Bertz CT molecular complexity index is 10.1. The summed E-state index contributed by atoms with van der Waals surface area (Å²) >= 11 is 0. The quantitative estimate of drug-likeness (QED) is 0.513. The van der Waals surface area contributed by atoms with Gasteiger partial charge in [-0.2, -0.15) is 0 Å². The molecule has 0 amide bonds. The molecule has 5 N–H and O–H groups in total. The van der Waals surface area contributed by atoms with Gasteiger partial charge in [0.25, 0.3) is 0 Å². The predicted molar refractivity (Wildman–Crippen MR) is 13.1 cm³/mol. The Morgan fingerprint density at radius 3 is 0.231 bits per heavy atom. The first kappa shape index (κ1) is 1400. The molecule has 0 spiro atoms. The minimum atomic E-state index is 0. The summed E-state index contributed by atoms with van der Waals surface area (Å²) in [6, 6.07) is 0. The van der Waals surface area contributed by atoms with Crippen molar-refractivity contribution in [1.29, 1.82) is 0 Å². The topological polar surface area (TPSA) is 292 Å². The van der Waals surface area contributed by atoms with Crippen molar-refractivity contribution in [2.75, 3.05) is 0 Å². The predicted octanol–water partition coefficient (Wildman–Crippen LogP) is -1.49. The summed E-state index contributed by atoms with van der Waals surface area (Å²) in [6.45, 7) is 0. The molecule has 95 valence electrons. The molecule has 0 aromatic rings. The fourth-order valence-electron chi connectivity index (χ4n) is 0. The zero-order valence-corrected chi connectivity index (χ0v) is 9.81. The van der Waals surface area contributed by atoms with Crippen LogP contribution in [0.4, 0.5) is 0 Å². The molecule has 0 heterocycles. The standard InChI is InChI=1S/5H2O.5O.3V/h5*1H2;;;;;;;;/q;;;;;5*-2;;;/p-5. The van der Waals surface area contributed by atoms with Crippen molar-refractivity contribution in [1.82, 2.24) is 0 Å². The maximum absolute atomic E-state index is 0. The second kappa shape index (κ2) is 1110. The van der Waals surface area contributed by atoms with E-state index in [2.05, 4.69) is 0 Å². The Hall–Kier alpha value is 1.35. The van der Waals surface area contributed by atoms with Gasteiger partial charge in [-0.25, -0.2) is 0 Å². The summed E-state index contributed by atoms with van der Waals surface area (Å²) in [5, 5.41) is 0. The summed E-state index contributed by atoms with van der Waals surface area (Å²) in [6.07, 6.45) is 0. The van der Waals surface area contributed by atoms with Crippen LogP contribution in [0.25, 0.3) is 0 Å². The van der Waals surface area contributed by atoms with Crippen LogP contribution in [0.1, 0.15) is 0 Å². The van der Waals surface area contributed by atoms with E-state index in [-0.39, 0.29) is 110 Å². The molecule has 0 atom stereocenters. The van der Waals surface area contributed by atoms with Crippen molar-refractivity contribution in [3.63, 3.8) is 0 Å². The van der Waals surface area contributed by atoms with Crippen molar-refractivity contribution in [3.8, 4) is 0 Å². The van der Waals surface area contributed by atoms with Gasteiger partial charge >= 0.3 is 0 Å². The number of hydrogen-bond donors (Lipinski definition) is 0.